The predicted octanol–water partition coefficient (Wildman–Crippen LogP) is 6.25. The highest BCUT2D eigenvalue weighted by Crippen LogP contribution is 2.77. The molecule has 0 N–H and O–H groups in total. The van der Waals surface area contributed by atoms with Crippen LogP contribution in [0.2, 0.25) is 0 Å². The molecule has 0 spiro atoms. The molecule has 3 heterocycles. The summed E-state index contributed by atoms with van der Waals surface area (Å²) in [5.74, 6) is 0.647. The highest BCUT2D eigenvalue weighted by molar-refractivity contribution is 5.86. The fourth-order valence-corrected chi connectivity index (χ4v) is 6.27. The Labute approximate surface area is 169 Å². The van der Waals surface area contributed by atoms with Crippen molar-refractivity contribution in [1.82, 2.24) is 4.98 Å². The maximum absolute atomic E-state index is 13.5. The molecule has 29 heavy (non-hydrogen) atoms. The van der Waals surface area contributed by atoms with Gasteiger partial charge in [0, 0.05) is 28.8 Å². The number of alkyl halides is 3. The van der Waals surface area contributed by atoms with E-state index in [0.717, 1.165) is 31.1 Å². The molecule has 5 rings (SSSR count). The van der Waals surface area contributed by atoms with Gasteiger partial charge in [-0.15, -0.1) is 0 Å². The minimum atomic E-state index is -4.40. The van der Waals surface area contributed by atoms with Gasteiger partial charge in [-0.25, -0.2) is 4.98 Å². The first-order valence-electron chi connectivity index (χ1n) is 10.5. The summed E-state index contributed by atoms with van der Waals surface area (Å²) >= 11 is 0. The second kappa shape index (κ2) is 5.67. The number of fused-ring (bicyclic) bond motifs is 8. The SMILES string of the molecule is CCC12CC1(CC)C1N(c3ccccc32)c2ncc(C(F)(F)F)cc2N1C(C)C. The van der Waals surface area contributed by atoms with Crippen molar-refractivity contribution in [3.05, 3.63) is 47.7 Å². The van der Waals surface area contributed by atoms with Crippen molar-refractivity contribution >= 4 is 17.2 Å². The van der Waals surface area contributed by atoms with Crippen molar-refractivity contribution in [2.75, 3.05) is 9.80 Å². The van der Waals surface area contributed by atoms with E-state index in [-0.39, 0.29) is 23.0 Å². The van der Waals surface area contributed by atoms with Crippen LogP contribution in [0.3, 0.4) is 0 Å². The fourth-order valence-electron chi connectivity index (χ4n) is 6.27. The molecule has 2 aliphatic heterocycles. The van der Waals surface area contributed by atoms with E-state index in [0.29, 0.717) is 11.5 Å². The van der Waals surface area contributed by atoms with Gasteiger partial charge in [-0.1, -0.05) is 32.0 Å². The number of para-hydroxylation sites is 1. The lowest BCUT2D eigenvalue weighted by atomic mass is 9.76. The molecule has 3 nitrogen and oxygen atoms in total. The summed E-state index contributed by atoms with van der Waals surface area (Å²) in [6.45, 7) is 8.59. The van der Waals surface area contributed by atoms with Crippen LogP contribution in [0.15, 0.2) is 36.5 Å². The van der Waals surface area contributed by atoms with Crippen LogP contribution in [-0.4, -0.2) is 17.2 Å². The smallest absolute Gasteiger partial charge is 0.345 e. The lowest BCUT2D eigenvalue weighted by Crippen LogP contribution is -2.55. The first kappa shape index (κ1) is 18.8. The summed E-state index contributed by atoms with van der Waals surface area (Å²) in [6, 6.07) is 9.76. The maximum Gasteiger partial charge on any atom is 0.417 e. The molecule has 1 aromatic heterocycles. The van der Waals surface area contributed by atoms with Crippen LogP contribution < -0.4 is 9.80 Å². The van der Waals surface area contributed by atoms with Crippen molar-refractivity contribution < 1.29 is 13.2 Å². The Morgan fingerprint density at radius 2 is 1.86 bits per heavy atom. The van der Waals surface area contributed by atoms with E-state index in [1.807, 2.05) is 6.07 Å². The third-order valence-electron chi connectivity index (χ3n) is 7.60. The van der Waals surface area contributed by atoms with E-state index in [9.17, 15) is 13.2 Å². The second-order valence-electron chi connectivity index (χ2n) is 8.95. The van der Waals surface area contributed by atoms with Crippen molar-refractivity contribution in [3.63, 3.8) is 0 Å². The minimum Gasteiger partial charge on any atom is -0.345 e. The number of nitrogens with zero attached hydrogens (tertiary/aromatic N) is 3. The quantitative estimate of drug-likeness (QED) is 0.606. The first-order chi connectivity index (χ1) is 13.7. The molecule has 2 aromatic rings. The van der Waals surface area contributed by atoms with Crippen molar-refractivity contribution in [2.45, 2.75) is 70.8 Å². The van der Waals surface area contributed by atoms with Gasteiger partial charge in [-0.2, -0.15) is 13.2 Å². The van der Waals surface area contributed by atoms with E-state index < -0.39 is 11.7 Å². The van der Waals surface area contributed by atoms with E-state index in [1.165, 1.54) is 11.6 Å². The average molecular weight is 401 g/mol. The summed E-state index contributed by atoms with van der Waals surface area (Å²) in [4.78, 5) is 8.78. The number of rotatable bonds is 3. The molecular formula is C23H26F3N3. The summed E-state index contributed by atoms with van der Waals surface area (Å²) in [7, 11) is 0. The molecule has 0 bridgehead atoms. The van der Waals surface area contributed by atoms with Crippen LogP contribution in [0.25, 0.3) is 0 Å². The van der Waals surface area contributed by atoms with Gasteiger partial charge < -0.3 is 9.80 Å². The normalized spacial score (nSPS) is 29.4. The number of pyridine rings is 1. The van der Waals surface area contributed by atoms with Crippen LogP contribution in [0.4, 0.5) is 30.4 Å². The fraction of sp³-hybridized carbons (Fsp3) is 0.522. The first-order valence-corrected chi connectivity index (χ1v) is 10.5. The summed E-state index contributed by atoms with van der Waals surface area (Å²) in [6.07, 6.45) is -0.343. The van der Waals surface area contributed by atoms with Gasteiger partial charge in [0.05, 0.1) is 11.3 Å². The predicted molar refractivity (Wildman–Crippen MR) is 109 cm³/mol. The Morgan fingerprint density at radius 1 is 1.14 bits per heavy atom. The van der Waals surface area contributed by atoms with Gasteiger partial charge >= 0.3 is 6.18 Å². The number of aromatic nitrogens is 1. The van der Waals surface area contributed by atoms with Crippen LogP contribution in [0.1, 0.15) is 58.1 Å². The molecule has 1 aromatic carbocycles. The Balaban J connectivity index is 1.79. The maximum atomic E-state index is 13.5. The number of benzene rings is 1. The van der Waals surface area contributed by atoms with Crippen LogP contribution in [0.5, 0.6) is 0 Å². The number of halogens is 3. The monoisotopic (exact) mass is 401 g/mol. The molecule has 0 saturated heterocycles. The highest BCUT2D eigenvalue weighted by atomic mass is 19.4. The number of anilines is 3. The molecule has 1 saturated carbocycles. The van der Waals surface area contributed by atoms with Gasteiger partial charge in [0.15, 0.2) is 5.82 Å². The van der Waals surface area contributed by atoms with E-state index in [1.54, 1.807) is 0 Å². The topological polar surface area (TPSA) is 19.4 Å². The Morgan fingerprint density at radius 3 is 2.48 bits per heavy atom. The van der Waals surface area contributed by atoms with Crippen LogP contribution in [-0.2, 0) is 11.6 Å². The summed E-state index contributed by atoms with van der Waals surface area (Å²) < 4.78 is 40.4. The molecule has 1 fully saturated rings. The Hall–Kier alpha value is -2.24. The second-order valence-corrected chi connectivity index (χ2v) is 8.95. The molecule has 154 valence electrons. The molecule has 0 radical (unpaired) electrons. The third-order valence-corrected chi connectivity index (χ3v) is 7.60. The third kappa shape index (κ3) is 2.12. The highest BCUT2D eigenvalue weighted by Gasteiger charge is 2.75. The number of hydrogen-bond acceptors (Lipinski definition) is 3. The van der Waals surface area contributed by atoms with E-state index in [4.69, 9.17) is 0 Å². The lowest BCUT2D eigenvalue weighted by molar-refractivity contribution is -0.137. The van der Waals surface area contributed by atoms with Crippen molar-refractivity contribution in [3.8, 4) is 0 Å². The average Bonchev–Trinajstić information content (AvgIpc) is 3.27. The summed E-state index contributed by atoms with van der Waals surface area (Å²) in [5.41, 5.74) is 2.43. The lowest BCUT2D eigenvalue weighted by Gasteiger charge is -2.47. The molecule has 3 atom stereocenters. The van der Waals surface area contributed by atoms with Gasteiger partial charge in [0.25, 0.3) is 0 Å². The van der Waals surface area contributed by atoms with Crippen LogP contribution in [0, 0.1) is 5.41 Å². The van der Waals surface area contributed by atoms with Crippen LogP contribution >= 0.6 is 0 Å². The van der Waals surface area contributed by atoms with Gasteiger partial charge in [-0.05, 0) is 50.8 Å². The zero-order chi connectivity index (χ0) is 20.8. The molecule has 1 aliphatic carbocycles. The van der Waals surface area contributed by atoms with Gasteiger partial charge in [0.1, 0.15) is 6.17 Å². The molecule has 0 amide bonds. The number of hydrogen-bond donors (Lipinski definition) is 0. The van der Waals surface area contributed by atoms with Crippen molar-refractivity contribution in [1.29, 1.82) is 0 Å². The molecule has 3 aliphatic rings. The van der Waals surface area contributed by atoms with E-state index >= 15 is 0 Å². The molecule has 3 unspecified atom stereocenters. The minimum absolute atomic E-state index is 0.00617. The van der Waals surface area contributed by atoms with Gasteiger partial charge in [0.2, 0.25) is 0 Å². The van der Waals surface area contributed by atoms with Gasteiger partial charge in [-0.3, -0.25) is 0 Å². The Kier molecular flexibility index (Phi) is 3.67. The zero-order valence-electron chi connectivity index (χ0n) is 17.2. The Bertz CT molecular complexity index is 986. The molecular weight excluding hydrogens is 375 g/mol. The van der Waals surface area contributed by atoms with E-state index in [2.05, 4.69) is 60.7 Å². The molecule has 6 heteroatoms. The summed E-state index contributed by atoms with van der Waals surface area (Å²) in [5, 5.41) is 0. The standard InChI is InChI=1S/C23H26F3N3/c1-5-21-13-22(21,6-2)20-28(14(3)4)18-11-15(23(24,25)26)12-27-19(18)29(20)17-10-8-7-9-16(17)21/h7-12,14,20H,5-6,13H2,1-4H3. The largest absolute Gasteiger partial charge is 0.417 e. The zero-order valence-corrected chi connectivity index (χ0v) is 17.2. The van der Waals surface area contributed by atoms with Crippen molar-refractivity contribution in [2.24, 2.45) is 5.41 Å².